The Morgan fingerprint density at radius 3 is 2.47 bits per heavy atom. The van der Waals surface area contributed by atoms with Gasteiger partial charge in [0.25, 0.3) is 0 Å². The van der Waals surface area contributed by atoms with Gasteiger partial charge in [-0.15, -0.1) is 0 Å². The molecule has 1 aromatic rings. The molecule has 0 bridgehead atoms. The highest BCUT2D eigenvalue weighted by Gasteiger charge is 2.15. The van der Waals surface area contributed by atoms with Gasteiger partial charge in [-0.1, -0.05) is 11.6 Å². The number of rotatable bonds is 3. The number of halogens is 1. The average molecular weight is 232 g/mol. The quantitative estimate of drug-likeness (QED) is 0.574. The van der Waals surface area contributed by atoms with Gasteiger partial charge in [0.05, 0.1) is 0 Å². The molecule has 0 aromatic heterocycles. The summed E-state index contributed by atoms with van der Waals surface area (Å²) in [7, 11) is 0. The van der Waals surface area contributed by atoms with Gasteiger partial charge in [-0.2, -0.15) is 0 Å². The highest BCUT2D eigenvalue weighted by atomic mass is 35.5. The standard InChI is InChI=1S/C9H10ClNO4/c10-5-3-8(13)7(12)2-4(5)1-6(11)9(14)15/h2-3,6,12-13H,1,11H2,(H,14,15)/t6-/m0/s1. The van der Waals surface area contributed by atoms with Crippen molar-refractivity contribution in [2.75, 3.05) is 0 Å². The van der Waals surface area contributed by atoms with E-state index in [2.05, 4.69) is 0 Å². The zero-order chi connectivity index (χ0) is 11.6. The smallest absolute Gasteiger partial charge is 0.320 e. The summed E-state index contributed by atoms with van der Waals surface area (Å²) < 4.78 is 0. The first-order chi connectivity index (χ1) is 6.91. The van der Waals surface area contributed by atoms with Crippen molar-refractivity contribution >= 4 is 17.6 Å². The van der Waals surface area contributed by atoms with Gasteiger partial charge >= 0.3 is 5.97 Å². The van der Waals surface area contributed by atoms with E-state index >= 15 is 0 Å². The summed E-state index contributed by atoms with van der Waals surface area (Å²) in [5.41, 5.74) is 5.68. The van der Waals surface area contributed by atoms with Crippen LogP contribution in [0.4, 0.5) is 0 Å². The van der Waals surface area contributed by atoms with Crippen molar-refractivity contribution in [2.45, 2.75) is 12.5 Å². The fraction of sp³-hybridized carbons (Fsp3) is 0.222. The molecule has 0 unspecified atom stereocenters. The first-order valence-corrected chi connectivity index (χ1v) is 4.48. The molecule has 0 aliphatic carbocycles. The second-order valence-corrected chi connectivity index (χ2v) is 3.49. The lowest BCUT2D eigenvalue weighted by Crippen LogP contribution is -2.32. The number of carboxylic acids is 1. The van der Waals surface area contributed by atoms with Crippen LogP contribution < -0.4 is 5.73 Å². The first kappa shape index (κ1) is 11.6. The summed E-state index contributed by atoms with van der Waals surface area (Å²) in [6, 6.07) is 1.24. The predicted molar refractivity (Wildman–Crippen MR) is 54.1 cm³/mol. The molecular weight excluding hydrogens is 222 g/mol. The summed E-state index contributed by atoms with van der Waals surface area (Å²) >= 11 is 5.73. The Kier molecular flexibility index (Phi) is 3.39. The van der Waals surface area contributed by atoms with Gasteiger partial charge in [0, 0.05) is 11.1 Å². The summed E-state index contributed by atoms with van der Waals surface area (Å²) in [4.78, 5) is 10.5. The Hall–Kier alpha value is -1.46. The lowest BCUT2D eigenvalue weighted by Gasteiger charge is -2.09. The van der Waals surface area contributed by atoms with Gasteiger partial charge < -0.3 is 21.1 Å². The third-order valence-electron chi connectivity index (χ3n) is 1.90. The molecule has 0 spiro atoms. The highest BCUT2D eigenvalue weighted by Crippen LogP contribution is 2.31. The van der Waals surface area contributed by atoms with Crippen LogP contribution in [0.2, 0.25) is 5.02 Å². The van der Waals surface area contributed by atoms with Crippen molar-refractivity contribution in [2.24, 2.45) is 5.73 Å². The van der Waals surface area contributed by atoms with Crippen molar-refractivity contribution in [3.05, 3.63) is 22.7 Å². The number of phenolic OH excluding ortho intramolecular Hbond substituents is 2. The fourth-order valence-electron chi connectivity index (χ4n) is 1.08. The average Bonchev–Trinajstić information content (AvgIpc) is 2.13. The third kappa shape index (κ3) is 2.74. The summed E-state index contributed by atoms with van der Waals surface area (Å²) in [6.45, 7) is 0. The van der Waals surface area contributed by atoms with Crippen LogP contribution in [0.25, 0.3) is 0 Å². The lowest BCUT2D eigenvalue weighted by molar-refractivity contribution is -0.138. The molecule has 6 heteroatoms. The molecular formula is C9H10ClNO4. The van der Waals surface area contributed by atoms with Gasteiger partial charge in [-0.3, -0.25) is 4.79 Å². The van der Waals surface area contributed by atoms with Crippen molar-refractivity contribution in [3.8, 4) is 11.5 Å². The summed E-state index contributed by atoms with van der Waals surface area (Å²) in [6.07, 6.45) is -0.0119. The van der Waals surface area contributed by atoms with E-state index in [0.717, 1.165) is 6.07 Å². The topological polar surface area (TPSA) is 104 Å². The van der Waals surface area contributed by atoms with Gasteiger partial charge in [0.2, 0.25) is 0 Å². The molecule has 82 valence electrons. The number of benzene rings is 1. The van der Waals surface area contributed by atoms with Crippen molar-refractivity contribution in [1.29, 1.82) is 0 Å². The third-order valence-corrected chi connectivity index (χ3v) is 2.25. The second-order valence-electron chi connectivity index (χ2n) is 3.08. The van der Waals surface area contributed by atoms with Crippen molar-refractivity contribution in [1.82, 2.24) is 0 Å². The number of nitrogens with two attached hydrogens (primary N) is 1. The molecule has 0 fully saturated rings. The summed E-state index contributed by atoms with van der Waals surface area (Å²) in [5.74, 6) is -1.86. The zero-order valence-electron chi connectivity index (χ0n) is 7.64. The highest BCUT2D eigenvalue weighted by molar-refractivity contribution is 6.31. The largest absolute Gasteiger partial charge is 0.504 e. The van der Waals surface area contributed by atoms with Gasteiger partial charge in [-0.05, 0) is 18.1 Å². The molecule has 0 saturated heterocycles. The monoisotopic (exact) mass is 231 g/mol. The van der Waals surface area contributed by atoms with E-state index in [-0.39, 0.29) is 22.9 Å². The van der Waals surface area contributed by atoms with Crippen LogP contribution in [0.15, 0.2) is 12.1 Å². The molecule has 0 aliphatic rings. The fourth-order valence-corrected chi connectivity index (χ4v) is 1.31. The van der Waals surface area contributed by atoms with E-state index in [0.29, 0.717) is 5.56 Å². The van der Waals surface area contributed by atoms with Crippen LogP contribution in [-0.2, 0) is 11.2 Å². The minimum atomic E-state index is -1.15. The lowest BCUT2D eigenvalue weighted by atomic mass is 10.1. The maximum Gasteiger partial charge on any atom is 0.320 e. The van der Waals surface area contributed by atoms with Gasteiger partial charge in [0.15, 0.2) is 11.5 Å². The normalized spacial score (nSPS) is 12.4. The Morgan fingerprint density at radius 2 is 1.93 bits per heavy atom. The molecule has 15 heavy (non-hydrogen) atoms. The van der Waals surface area contributed by atoms with E-state index in [1.807, 2.05) is 0 Å². The minimum absolute atomic E-state index is 0.0119. The number of carboxylic acid groups (broad SMARTS) is 1. The van der Waals surface area contributed by atoms with Crippen LogP contribution in [0, 0.1) is 0 Å². The maximum absolute atomic E-state index is 10.5. The number of aromatic hydroxyl groups is 2. The molecule has 0 heterocycles. The first-order valence-electron chi connectivity index (χ1n) is 4.10. The zero-order valence-corrected chi connectivity index (χ0v) is 8.40. The van der Waals surface area contributed by atoms with E-state index in [1.54, 1.807) is 0 Å². The van der Waals surface area contributed by atoms with Crippen LogP contribution in [0.1, 0.15) is 5.56 Å². The van der Waals surface area contributed by atoms with E-state index in [4.69, 9.17) is 27.5 Å². The van der Waals surface area contributed by atoms with Gasteiger partial charge in [-0.25, -0.2) is 0 Å². The Balaban J connectivity index is 2.95. The Morgan fingerprint density at radius 1 is 1.40 bits per heavy atom. The number of phenols is 2. The molecule has 0 saturated carbocycles. The molecule has 0 radical (unpaired) electrons. The molecule has 0 aliphatic heterocycles. The van der Waals surface area contributed by atoms with E-state index < -0.39 is 12.0 Å². The van der Waals surface area contributed by atoms with Crippen molar-refractivity contribution in [3.63, 3.8) is 0 Å². The molecule has 5 nitrogen and oxygen atoms in total. The molecule has 1 atom stereocenters. The number of hydrogen-bond acceptors (Lipinski definition) is 4. The molecule has 1 aromatic carbocycles. The molecule has 1 rings (SSSR count). The Bertz CT molecular complexity index is 394. The molecule has 0 amide bonds. The number of aliphatic carboxylic acids is 1. The van der Waals surface area contributed by atoms with Crippen LogP contribution in [0.3, 0.4) is 0 Å². The predicted octanol–water partition coefficient (Wildman–Crippen LogP) is 0.706. The summed E-state index contributed by atoms with van der Waals surface area (Å²) in [5, 5.41) is 27.0. The Labute approximate surface area is 90.7 Å². The van der Waals surface area contributed by atoms with E-state index in [9.17, 15) is 9.90 Å². The van der Waals surface area contributed by atoms with Crippen LogP contribution >= 0.6 is 11.6 Å². The molecule has 5 N–H and O–H groups in total. The van der Waals surface area contributed by atoms with Gasteiger partial charge in [0.1, 0.15) is 6.04 Å². The van der Waals surface area contributed by atoms with Crippen LogP contribution in [0.5, 0.6) is 11.5 Å². The van der Waals surface area contributed by atoms with E-state index in [1.165, 1.54) is 6.07 Å². The SMILES string of the molecule is N[C@@H](Cc1cc(O)c(O)cc1Cl)C(=O)O. The number of carbonyl (C=O) groups is 1. The van der Waals surface area contributed by atoms with Crippen molar-refractivity contribution < 1.29 is 20.1 Å². The minimum Gasteiger partial charge on any atom is -0.504 e. The second kappa shape index (κ2) is 4.37. The number of hydrogen-bond donors (Lipinski definition) is 4. The van der Waals surface area contributed by atoms with Crippen LogP contribution in [-0.4, -0.2) is 27.3 Å². The maximum atomic E-state index is 10.5.